The first-order valence-electron chi connectivity index (χ1n) is 6.81. The third-order valence-electron chi connectivity index (χ3n) is 2.70. The maximum absolute atomic E-state index is 10.7. The molecular weight excluding hydrogens is 373 g/mol. The summed E-state index contributed by atoms with van der Waals surface area (Å²) in [6.45, 7) is 2.22. The van der Waals surface area contributed by atoms with E-state index in [1.807, 2.05) is 18.2 Å². The predicted octanol–water partition coefficient (Wildman–Crippen LogP) is 6.97. The SMILES string of the molecule is CC[S+](Cc1ccccc1)c1ccc(O)cc1.F[P-](F)(F)(F)(F)F. The third-order valence-corrected chi connectivity index (χ3v) is 5.02. The minimum atomic E-state index is -10.7. The van der Waals surface area contributed by atoms with Crippen molar-refractivity contribution >= 4 is 18.7 Å². The van der Waals surface area contributed by atoms with Crippen LogP contribution in [0.15, 0.2) is 59.5 Å². The predicted molar refractivity (Wildman–Crippen MR) is 88.0 cm³/mol. The standard InChI is InChI=1S/C15H16OS.F6P/c1-2-17(12-13-6-4-3-5-7-13)15-10-8-14(16)9-11-15;1-7(2,3,4,5)6/h3-11H,2,12H2,1H3;/q;-1/p+1. The van der Waals surface area contributed by atoms with Crippen LogP contribution in [0.3, 0.4) is 0 Å². The van der Waals surface area contributed by atoms with E-state index in [1.54, 1.807) is 12.1 Å². The van der Waals surface area contributed by atoms with E-state index in [0.717, 1.165) is 11.5 Å². The zero-order valence-electron chi connectivity index (χ0n) is 12.7. The number of rotatable bonds is 4. The van der Waals surface area contributed by atoms with Crippen LogP contribution in [0, 0.1) is 0 Å². The molecule has 0 heterocycles. The number of aromatic hydroxyl groups is 1. The molecule has 24 heavy (non-hydrogen) atoms. The molecule has 0 aliphatic heterocycles. The topological polar surface area (TPSA) is 20.2 Å². The van der Waals surface area contributed by atoms with Crippen LogP contribution in [0.2, 0.25) is 0 Å². The number of hydrogen-bond donors (Lipinski definition) is 1. The summed E-state index contributed by atoms with van der Waals surface area (Å²) in [6.07, 6.45) is 0. The molecule has 0 aromatic heterocycles. The molecule has 0 saturated carbocycles. The molecule has 0 radical (unpaired) electrons. The van der Waals surface area contributed by atoms with Gasteiger partial charge in [-0.2, -0.15) is 0 Å². The van der Waals surface area contributed by atoms with Gasteiger partial charge in [0.15, 0.2) is 4.90 Å². The van der Waals surface area contributed by atoms with E-state index in [2.05, 4.69) is 31.2 Å². The van der Waals surface area contributed by atoms with Crippen molar-refractivity contribution in [2.75, 3.05) is 5.75 Å². The second kappa shape index (κ2) is 6.84. The van der Waals surface area contributed by atoms with Crippen LogP contribution in [-0.2, 0) is 16.6 Å². The van der Waals surface area contributed by atoms with Gasteiger partial charge < -0.3 is 5.11 Å². The fraction of sp³-hybridized carbons (Fsp3) is 0.200. The molecule has 136 valence electrons. The van der Waals surface area contributed by atoms with Gasteiger partial charge in [-0.15, -0.1) is 0 Å². The summed E-state index contributed by atoms with van der Waals surface area (Å²) in [6, 6.07) is 18.2. The van der Waals surface area contributed by atoms with Crippen molar-refractivity contribution in [1.82, 2.24) is 0 Å². The molecule has 1 N–H and O–H groups in total. The molecule has 1 nitrogen and oxygen atoms in total. The first kappa shape index (κ1) is 20.6. The fourth-order valence-electron chi connectivity index (χ4n) is 1.77. The van der Waals surface area contributed by atoms with Crippen molar-refractivity contribution < 1.29 is 30.3 Å². The Bertz CT molecular complexity index is 632. The van der Waals surface area contributed by atoms with Crippen LogP contribution in [0.1, 0.15) is 12.5 Å². The molecule has 0 fully saturated rings. The normalized spacial score (nSPS) is 15.5. The number of hydrogen-bond acceptors (Lipinski definition) is 1. The molecule has 2 rings (SSSR count). The van der Waals surface area contributed by atoms with E-state index in [9.17, 15) is 30.3 Å². The monoisotopic (exact) mass is 390 g/mol. The van der Waals surface area contributed by atoms with Crippen LogP contribution in [0.25, 0.3) is 0 Å². The average Bonchev–Trinajstić information content (AvgIpc) is 2.44. The summed E-state index contributed by atoms with van der Waals surface area (Å²) in [4.78, 5) is 1.33. The van der Waals surface area contributed by atoms with E-state index >= 15 is 0 Å². The van der Waals surface area contributed by atoms with Crippen molar-refractivity contribution in [3.8, 4) is 5.75 Å². The van der Waals surface area contributed by atoms with Gasteiger partial charge in [0.1, 0.15) is 17.3 Å². The van der Waals surface area contributed by atoms with Gasteiger partial charge in [-0.3, -0.25) is 0 Å². The van der Waals surface area contributed by atoms with E-state index in [4.69, 9.17) is 0 Å². The summed E-state index contributed by atoms with van der Waals surface area (Å²) in [7, 11) is -10.4. The van der Waals surface area contributed by atoms with Gasteiger partial charge in [-0.05, 0) is 31.2 Å². The summed E-state index contributed by atoms with van der Waals surface area (Å²) < 4.78 is 59.2. The second-order valence-electron chi connectivity index (χ2n) is 4.86. The molecule has 0 bridgehead atoms. The van der Waals surface area contributed by atoms with Gasteiger partial charge in [-0.25, -0.2) is 0 Å². The van der Waals surface area contributed by atoms with Crippen molar-refractivity contribution in [2.24, 2.45) is 0 Å². The number of halogens is 6. The quantitative estimate of drug-likeness (QED) is 0.339. The first-order valence-corrected chi connectivity index (χ1v) is 10.4. The Hall–Kier alpha value is -1.40. The molecule has 1 atom stereocenters. The van der Waals surface area contributed by atoms with E-state index in [1.165, 1.54) is 10.5 Å². The van der Waals surface area contributed by atoms with Crippen LogP contribution in [-0.4, -0.2) is 10.9 Å². The second-order valence-corrected chi connectivity index (χ2v) is 9.10. The van der Waals surface area contributed by atoms with E-state index < -0.39 is 7.81 Å². The fourth-order valence-corrected chi connectivity index (χ4v) is 3.59. The summed E-state index contributed by atoms with van der Waals surface area (Å²) >= 11 is 0. The number of benzene rings is 2. The van der Waals surface area contributed by atoms with E-state index in [0.29, 0.717) is 5.75 Å². The Kier molecular flexibility index (Phi) is 5.89. The number of phenolic OH excluding ortho intramolecular Hbond substituents is 1. The molecule has 2 aromatic carbocycles. The van der Waals surface area contributed by atoms with Crippen LogP contribution in [0.5, 0.6) is 5.75 Å². The molecule has 0 spiro atoms. The van der Waals surface area contributed by atoms with E-state index in [-0.39, 0.29) is 10.9 Å². The molecule has 0 saturated heterocycles. The van der Waals surface area contributed by atoms with Gasteiger partial charge >= 0.3 is 33.0 Å². The zero-order valence-corrected chi connectivity index (χ0v) is 14.4. The van der Waals surface area contributed by atoms with Crippen molar-refractivity contribution in [1.29, 1.82) is 0 Å². The van der Waals surface area contributed by atoms with Gasteiger partial charge in [0.05, 0.1) is 0 Å². The molecule has 0 amide bonds. The summed E-state index contributed by atoms with van der Waals surface area (Å²) in [5.74, 6) is 2.56. The number of phenols is 1. The molecular formula is C15H17F6OPS. The van der Waals surface area contributed by atoms with Gasteiger partial charge in [-0.1, -0.05) is 30.3 Å². The van der Waals surface area contributed by atoms with Gasteiger partial charge in [0, 0.05) is 16.5 Å². The Morgan fingerprint density at radius 1 is 0.833 bits per heavy atom. The van der Waals surface area contributed by atoms with Gasteiger partial charge in [0.25, 0.3) is 0 Å². The Balaban J connectivity index is 0.000000351. The zero-order chi connectivity index (χ0) is 18.5. The van der Waals surface area contributed by atoms with Crippen molar-refractivity contribution in [2.45, 2.75) is 17.6 Å². The maximum atomic E-state index is 9.87. The Morgan fingerprint density at radius 3 is 1.71 bits per heavy atom. The van der Waals surface area contributed by atoms with Crippen molar-refractivity contribution in [3.63, 3.8) is 0 Å². The molecule has 1 unspecified atom stereocenters. The van der Waals surface area contributed by atoms with Gasteiger partial charge in [0.2, 0.25) is 0 Å². The summed E-state index contributed by atoms with van der Waals surface area (Å²) in [5.41, 5.74) is 1.38. The Labute approximate surface area is 138 Å². The molecule has 0 aliphatic carbocycles. The van der Waals surface area contributed by atoms with Crippen molar-refractivity contribution in [3.05, 3.63) is 60.2 Å². The molecule has 2 aromatic rings. The third kappa shape index (κ3) is 11.2. The van der Waals surface area contributed by atoms with Crippen LogP contribution >= 0.6 is 7.81 Å². The minimum absolute atomic E-state index is 0.235. The Morgan fingerprint density at radius 2 is 1.29 bits per heavy atom. The van der Waals surface area contributed by atoms with Crippen LogP contribution < -0.4 is 0 Å². The molecule has 9 heteroatoms. The molecule has 0 aliphatic rings. The summed E-state index contributed by atoms with van der Waals surface area (Å²) in [5, 5.41) is 9.30. The average molecular weight is 390 g/mol. The first-order chi connectivity index (χ1) is 10.7. The van der Waals surface area contributed by atoms with Crippen LogP contribution in [0.4, 0.5) is 25.2 Å².